The molecule has 0 aromatic carbocycles. The first-order valence-electron chi connectivity index (χ1n) is 7.22. The highest BCUT2D eigenvalue weighted by molar-refractivity contribution is 7.11. The van der Waals surface area contributed by atoms with Crippen molar-refractivity contribution in [3.8, 4) is 0 Å². The smallest absolute Gasteiger partial charge is 0.394 e. The lowest BCUT2D eigenvalue weighted by Crippen LogP contribution is -2.34. The summed E-state index contributed by atoms with van der Waals surface area (Å²) in [5, 5.41) is 6.54. The van der Waals surface area contributed by atoms with Gasteiger partial charge in [-0.05, 0) is 52.2 Å². The molecular formula is C17H12BN2S2. The van der Waals surface area contributed by atoms with Crippen molar-refractivity contribution in [2.75, 3.05) is 6.54 Å². The van der Waals surface area contributed by atoms with Crippen molar-refractivity contribution in [3.63, 3.8) is 0 Å². The van der Waals surface area contributed by atoms with Gasteiger partial charge in [0, 0.05) is 34.0 Å². The highest BCUT2D eigenvalue weighted by Crippen LogP contribution is 2.43. The lowest BCUT2D eigenvalue weighted by atomic mass is 9.92. The first kappa shape index (κ1) is 12.6. The minimum absolute atomic E-state index is 0.938. The maximum absolute atomic E-state index is 2.36. The second-order valence-corrected chi connectivity index (χ2v) is 7.13. The van der Waals surface area contributed by atoms with E-state index in [1.165, 1.54) is 33.0 Å². The summed E-state index contributed by atoms with van der Waals surface area (Å²) in [4.78, 5) is 3.69. The van der Waals surface area contributed by atoms with Gasteiger partial charge in [0.2, 0.25) is 0 Å². The number of nitrogens with zero attached hydrogens (tertiary/aromatic N) is 2. The number of fused-ring (bicyclic) bond motifs is 2. The molecule has 0 N–H and O–H groups in total. The number of hydrogen-bond donors (Lipinski definition) is 0. The Bertz CT molecular complexity index is 885. The predicted molar refractivity (Wildman–Crippen MR) is 94.9 cm³/mol. The minimum atomic E-state index is 0.938. The van der Waals surface area contributed by atoms with E-state index < -0.39 is 0 Å². The molecular weight excluding hydrogens is 307 g/mol. The quantitative estimate of drug-likeness (QED) is 0.644. The summed E-state index contributed by atoms with van der Waals surface area (Å²) in [6.45, 7) is 0.938. The van der Waals surface area contributed by atoms with E-state index in [2.05, 4.69) is 75.6 Å². The van der Waals surface area contributed by atoms with Crippen LogP contribution < -0.4 is 0 Å². The van der Waals surface area contributed by atoms with E-state index in [0.717, 1.165) is 6.54 Å². The molecule has 5 heteroatoms. The van der Waals surface area contributed by atoms with Crippen LogP contribution in [0.25, 0.3) is 11.1 Å². The third kappa shape index (κ3) is 1.73. The van der Waals surface area contributed by atoms with E-state index in [1.807, 2.05) is 11.3 Å². The molecule has 22 heavy (non-hydrogen) atoms. The van der Waals surface area contributed by atoms with E-state index in [4.69, 9.17) is 0 Å². The molecule has 0 atom stereocenters. The highest BCUT2D eigenvalue weighted by atomic mass is 32.1. The van der Waals surface area contributed by atoms with E-state index >= 15 is 0 Å². The maximum Gasteiger partial charge on any atom is 0.396 e. The molecule has 5 heterocycles. The normalized spacial score (nSPS) is 16.4. The molecule has 0 fully saturated rings. The zero-order chi connectivity index (χ0) is 14.5. The molecule has 0 aliphatic carbocycles. The van der Waals surface area contributed by atoms with Crippen molar-refractivity contribution in [1.29, 1.82) is 0 Å². The molecule has 2 aliphatic heterocycles. The van der Waals surface area contributed by atoms with Gasteiger partial charge in [-0.1, -0.05) is 12.1 Å². The first-order valence-corrected chi connectivity index (χ1v) is 9.04. The van der Waals surface area contributed by atoms with Gasteiger partial charge in [0.05, 0.1) is 0 Å². The summed E-state index contributed by atoms with van der Waals surface area (Å²) in [7, 11) is 2.21. The molecule has 3 aromatic heterocycles. The summed E-state index contributed by atoms with van der Waals surface area (Å²) in [6, 6.07) is 10.9. The van der Waals surface area contributed by atoms with Crippen LogP contribution in [-0.4, -0.2) is 23.4 Å². The van der Waals surface area contributed by atoms with Gasteiger partial charge in [-0.15, -0.1) is 11.3 Å². The van der Waals surface area contributed by atoms with Crippen LogP contribution in [-0.2, 0) is 0 Å². The van der Waals surface area contributed by atoms with Crippen LogP contribution in [0.4, 0.5) is 0 Å². The van der Waals surface area contributed by atoms with Gasteiger partial charge in [-0.3, -0.25) is 0 Å². The summed E-state index contributed by atoms with van der Waals surface area (Å²) < 4.78 is 2.23. The van der Waals surface area contributed by atoms with Gasteiger partial charge in [-0.25, -0.2) is 0 Å². The molecule has 0 amide bonds. The molecule has 105 valence electrons. The number of hydrogen-bond acceptors (Lipinski definition) is 3. The maximum atomic E-state index is 2.36. The van der Waals surface area contributed by atoms with Crippen LogP contribution in [0.5, 0.6) is 0 Å². The Hall–Kier alpha value is -1.98. The summed E-state index contributed by atoms with van der Waals surface area (Å²) in [6.07, 6.45) is 4.47. The Kier molecular flexibility index (Phi) is 2.72. The number of thiophene rings is 2. The van der Waals surface area contributed by atoms with Crippen LogP contribution in [0.1, 0.15) is 16.1 Å². The van der Waals surface area contributed by atoms with E-state index in [9.17, 15) is 0 Å². The average molecular weight is 319 g/mol. The molecule has 0 spiro atoms. The summed E-state index contributed by atoms with van der Waals surface area (Å²) >= 11 is 3.57. The van der Waals surface area contributed by atoms with Crippen LogP contribution in [0.3, 0.4) is 0 Å². The highest BCUT2D eigenvalue weighted by Gasteiger charge is 2.32. The Morgan fingerprint density at radius 3 is 2.91 bits per heavy atom. The molecule has 0 bridgehead atoms. The molecule has 0 saturated carbocycles. The van der Waals surface area contributed by atoms with Gasteiger partial charge >= 0.3 is 7.55 Å². The van der Waals surface area contributed by atoms with Crippen molar-refractivity contribution in [3.05, 3.63) is 80.6 Å². The standard InChI is InChI=1S/C17H12BN2S2/c1-3-14-16(15-4-2-9-22-15)17-13(12-6-10-21-11-12)5-8-20(17)18-19(14)7-1/h1-7,9-11H,8H2. The van der Waals surface area contributed by atoms with Gasteiger partial charge < -0.3 is 9.29 Å². The Morgan fingerprint density at radius 1 is 1.09 bits per heavy atom. The first-order chi connectivity index (χ1) is 10.9. The molecule has 5 rings (SSSR count). The number of rotatable bonds is 2. The molecule has 2 aliphatic rings. The van der Waals surface area contributed by atoms with Crippen molar-refractivity contribution in [2.24, 2.45) is 0 Å². The van der Waals surface area contributed by atoms with Crippen molar-refractivity contribution >= 4 is 41.4 Å². The Morgan fingerprint density at radius 2 is 2.09 bits per heavy atom. The Labute approximate surface area is 137 Å². The summed E-state index contributed by atoms with van der Waals surface area (Å²) in [5.74, 6) is 0. The molecule has 0 saturated heterocycles. The second-order valence-electron chi connectivity index (χ2n) is 5.40. The predicted octanol–water partition coefficient (Wildman–Crippen LogP) is 4.17. The monoisotopic (exact) mass is 319 g/mol. The third-order valence-corrected chi connectivity index (χ3v) is 5.74. The zero-order valence-electron chi connectivity index (χ0n) is 11.8. The van der Waals surface area contributed by atoms with Gasteiger partial charge in [0.25, 0.3) is 0 Å². The van der Waals surface area contributed by atoms with E-state index in [0.29, 0.717) is 0 Å². The SMILES string of the molecule is [B]1N2CC=C(c3ccsc3)C2=C(c2cccs2)c2cccn21. The molecule has 0 unspecified atom stereocenters. The minimum Gasteiger partial charge on any atom is -0.394 e. The molecule has 1 radical (unpaired) electrons. The fourth-order valence-electron chi connectivity index (χ4n) is 3.23. The number of aromatic nitrogens is 1. The average Bonchev–Trinajstić information content (AvgIpc) is 3.28. The van der Waals surface area contributed by atoms with Crippen molar-refractivity contribution in [2.45, 2.75) is 0 Å². The van der Waals surface area contributed by atoms with Gasteiger partial charge in [0.1, 0.15) is 0 Å². The van der Waals surface area contributed by atoms with Crippen molar-refractivity contribution < 1.29 is 0 Å². The van der Waals surface area contributed by atoms with Gasteiger partial charge in [0.15, 0.2) is 0 Å². The van der Waals surface area contributed by atoms with E-state index in [-0.39, 0.29) is 0 Å². The lowest BCUT2D eigenvalue weighted by Gasteiger charge is -2.30. The molecule has 3 aromatic rings. The van der Waals surface area contributed by atoms with Crippen LogP contribution in [0, 0.1) is 0 Å². The fraction of sp³-hybridized carbons (Fsp3) is 0.0588. The Balaban J connectivity index is 1.79. The number of allylic oxidation sites excluding steroid dienone is 1. The molecule has 2 nitrogen and oxygen atoms in total. The van der Waals surface area contributed by atoms with Gasteiger partial charge in [-0.2, -0.15) is 11.3 Å². The largest absolute Gasteiger partial charge is 0.396 e. The topological polar surface area (TPSA) is 8.17 Å². The lowest BCUT2D eigenvalue weighted by molar-refractivity contribution is 0.632. The van der Waals surface area contributed by atoms with E-state index in [1.54, 1.807) is 11.3 Å². The van der Waals surface area contributed by atoms with Crippen LogP contribution in [0.2, 0.25) is 0 Å². The fourth-order valence-corrected chi connectivity index (χ4v) is 4.67. The van der Waals surface area contributed by atoms with Crippen LogP contribution >= 0.6 is 22.7 Å². The zero-order valence-corrected chi connectivity index (χ0v) is 13.4. The van der Waals surface area contributed by atoms with Crippen LogP contribution in [0.15, 0.2) is 64.4 Å². The second kappa shape index (κ2) is 4.76. The third-order valence-electron chi connectivity index (χ3n) is 4.17. The summed E-state index contributed by atoms with van der Waals surface area (Å²) in [5.41, 5.74) is 6.64. The van der Waals surface area contributed by atoms with Crippen molar-refractivity contribution in [1.82, 2.24) is 9.29 Å².